The van der Waals surface area contributed by atoms with Gasteiger partial charge >= 0.3 is 0 Å². The third-order valence-electron chi connectivity index (χ3n) is 4.92. The highest BCUT2D eigenvalue weighted by Gasteiger charge is 2.36. The summed E-state index contributed by atoms with van der Waals surface area (Å²) in [5, 5.41) is 8.03. The largest absolute Gasteiger partial charge is 0.337 e. The summed E-state index contributed by atoms with van der Waals surface area (Å²) in [5.41, 5.74) is 1.39. The molecule has 1 amide bonds. The molecule has 0 bridgehead atoms. The average molecular weight is 362 g/mol. The second kappa shape index (κ2) is 7.54. The molecule has 0 saturated carbocycles. The number of likely N-dealkylation sites (tertiary alicyclic amines) is 1. The van der Waals surface area contributed by atoms with Gasteiger partial charge in [0.2, 0.25) is 0 Å². The van der Waals surface area contributed by atoms with Crippen molar-refractivity contribution in [1.29, 1.82) is 0 Å². The van der Waals surface area contributed by atoms with Crippen molar-refractivity contribution in [2.75, 3.05) is 27.2 Å². The van der Waals surface area contributed by atoms with E-state index in [0.717, 1.165) is 31.6 Å². The number of halogens is 1. The molecule has 1 saturated heterocycles. The zero-order chi connectivity index (χ0) is 18.0. The zero-order valence-electron chi connectivity index (χ0n) is 14.9. The quantitative estimate of drug-likeness (QED) is 0.821. The topological polar surface area (TPSA) is 54.3 Å². The van der Waals surface area contributed by atoms with Crippen LogP contribution in [-0.2, 0) is 0 Å². The van der Waals surface area contributed by atoms with Crippen LogP contribution < -0.4 is 0 Å². The van der Waals surface area contributed by atoms with Crippen molar-refractivity contribution in [2.24, 2.45) is 5.92 Å². The van der Waals surface area contributed by atoms with Gasteiger partial charge in [0, 0.05) is 24.8 Å². The smallest absolute Gasteiger partial charge is 0.255 e. The maximum Gasteiger partial charge on any atom is 0.255 e. The Hall–Kier alpha value is -1.92. The summed E-state index contributed by atoms with van der Waals surface area (Å²) >= 11 is 6.40. The fraction of sp³-hybridized carbons (Fsp3) is 0.500. The first-order valence-electron chi connectivity index (χ1n) is 8.61. The van der Waals surface area contributed by atoms with E-state index in [1.165, 1.54) is 0 Å². The Morgan fingerprint density at radius 1 is 1.28 bits per heavy atom. The summed E-state index contributed by atoms with van der Waals surface area (Å²) in [6, 6.07) is 5.84. The minimum Gasteiger partial charge on any atom is -0.337 e. The molecule has 0 radical (unpaired) electrons. The van der Waals surface area contributed by atoms with Gasteiger partial charge in [0.05, 0.1) is 10.6 Å². The number of amides is 1. The molecule has 25 heavy (non-hydrogen) atoms. The number of hydrogen-bond acceptors (Lipinski definition) is 4. The molecule has 0 spiro atoms. The van der Waals surface area contributed by atoms with Gasteiger partial charge in [0.25, 0.3) is 5.91 Å². The molecular weight excluding hydrogens is 338 g/mol. The van der Waals surface area contributed by atoms with E-state index in [0.29, 0.717) is 22.5 Å². The van der Waals surface area contributed by atoms with Gasteiger partial charge in [0.1, 0.15) is 12.7 Å². The van der Waals surface area contributed by atoms with Crippen LogP contribution in [0.1, 0.15) is 30.1 Å². The first-order valence-corrected chi connectivity index (χ1v) is 8.99. The molecule has 1 fully saturated rings. The predicted molar refractivity (Wildman–Crippen MR) is 98.1 cm³/mol. The lowest BCUT2D eigenvalue weighted by molar-refractivity contribution is 0.0781. The monoisotopic (exact) mass is 361 g/mol. The van der Waals surface area contributed by atoms with Crippen molar-refractivity contribution in [3.05, 3.63) is 41.4 Å². The van der Waals surface area contributed by atoms with Crippen LogP contribution in [0, 0.1) is 5.92 Å². The molecule has 0 unspecified atom stereocenters. The van der Waals surface area contributed by atoms with E-state index >= 15 is 0 Å². The molecule has 0 N–H and O–H groups in total. The van der Waals surface area contributed by atoms with Crippen LogP contribution in [0.2, 0.25) is 5.02 Å². The summed E-state index contributed by atoms with van der Waals surface area (Å²) in [6.07, 6.45) is 5.47. The molecule has 1 aromatic heterocycles. The summed E-state index contributed by atoms with van der Waals surface area (Å²) in [6.45, 7) is 3.73. The molecule has 0 aliphatic carbocycles. The first kappa shape index (κ1) is 17.9. The second-order valence-electron chi connectivity index (χ2n) is 6.82. The summed E-state index contributed by atoms with van der Waals surface area (Å²) in [7, 11) is 4.17. The van der Waals surface area contributed by atoms with Crippen LogP contribution in [0.3, 0.4) is 0 Å². The van der Waals surface area contributed by atoms with Gasteiger partial charge in [0.15, 0.2) is 0 Å². The number of rotatable bonds is 5. The first-order chi connectivity index (χ1) is 12.0. The van der Waals surface area contributed by atoms with E-state index in [-0.39, 0.29) is 5.91 Å². The Bertz CT molecular complexity index is 731. The van der Waals surface area contributed by atoms with E-state index in [4.69, 9.17) is 11.6 Å². The minimum absolute atomic E-state index is 0.00533. The van der Waals surface area contributed by atoms with Crippen LogP contribution in [0.25, 0.3) is 5.69 Å². The van der Waals surface area contributed by atoms with Gasteiger partial charge in [-0.3, -0.25) is 9.36 Å². The molecule has 2 atom stereocenters. The van der Waals surface area contributed by atoms with Crippen molar-refractivity contribution in [3.8, 4) is 5.69 Å². The zero-order valence-corrected chi connectivity index (χ0v) is 15.6. The highest BCUT2D eigenvalue weighted by molar-refractivity contribution is 6.34. The highest BCUT2D eigenvalue weighted by Crippen LogP contribution is 2.28. The second-order valence-corrected chi connectivity index (χ2v) is 7.23. The molecule has 2 heterocycles. The fourth-order valence-electron chi connectivity index (χ4n) is 3.60. The van der Waals surface area contributed by atoms with Gasteiger partial charge in [-0.15, -0.1) is 10.2 Å². The number of nitrogens with zero attached hydrogens (tertiary/aromatic N) is 5. The van der Waals surface area contributed by atoms with Crippen molar-refractivity contribution in [1.82, 2.24) is 24.6 Å². The number of hydrogen-bond donors (Lipinski definition) is 0. The van der Waals surface area contributed by atoms with E-state index in [9.17, 15) is 4.79 Å². The van der Waals surface area contributed by atoms with Crippen LogP contribution in [0.5, 0.6) is 0 Å². The Morgan fingerprint density at radius 3 is 2.60 bits per heavy atom. The van der Waals surface area contributed by atoms with E-state index in [1.807, 2.05) is 11.0 Å². The normalized spacial score (nSPS) is 20.4. The van der Waals surface area contributed by atoms with Crippen LogP contribution in [-0.4, -0.2) is 63.7 Å². The van der Waals surface area contributed by atoms with Crippen molar-refractivity contribution in [3.63, 3.8) is 0 Å². The lowest BCUT2D eigenvalue weighted by Crippen LogP contribution is -2.36. The summed E-state index contributed by atoms with van der Waals surface area (Å²) in [4.78, 5) is 17.1. The molecule has 2 aromatic rings. The van der Waals surface area contributed by atoms with Crippen LogP contribution in [0.4, 0.5) is 0 Å². The summed E-state index contributed by atoms with van der Waals surface area (Å²) in [5.74, 6) is 0.518. The third kappa shape index (κ3) is 3.70. The molecule has 6 nitrogen and oxygen atoms in total. The van der Waals surface area contributed by atoms with Gasteiger partial charge in [-0.2, -0.15) is 0 Å². The van der Waals surface area contributed by atoms with Crippen molar-refractivity contribution < 1.29 is 4.79 Å². The molecule has 7 heteroatoms. The lowest BCUT2D eigenvalue weighted by Gasteiger charge is -2.24. The van der Waals surface area contributed by atoms with E-state index in [1.54, 1.807) is 29.4 Å². The van der Waals surface area contributed by atoms with Gasteiger partial charge in [-0.1, -0.05) is 24.9 Å². The van der Waals surface area contributed by atoms with E-state index in [2.05, 4.69) is 36.1 Å². The number of carbonyl (C=O) groups excluding carboxylic acids is 1. The Morgan fingerprint density at radius 2 is 2.00 bits per heavy atom. The Kier molecular flexibility index (Phi) is 5.39. The average Bonchev–Trinajstić information content (AvgIpc) is 3.24. The highest BCUT2D eigenvalue weighted by atomic mass is 35.5. The standard InChI is InChI=1S/C18H24ClN5O/c1-4-5-13-9-23(10-17(13)22(2)3)18(25)15-7-6-14(8-16(15)19)24-11-20-21-12-24/h6-8,11-13,17H,4-5,9-10H2,1-3H3/t13-,17-/m1/s1. The van der Waals surface area contributed by atoms with Gasteiger partial charge in [-0.25, -0.2) is 0 Å². The lowest BCUT2D eigenvalue weighted by atomic mass is 9.98. The predicted octanol–water partition coefficient (Wildman–Crippen LogP) is 2.72. The van der Waals surface area contributed by atoms with Crippen molar-refractivity contribution in [2.45, 2.75) is 25.8 Å². The molecule has 134 valence electrons. The number of carbonyl (C=O) groups is 1. The van der Waals surface area contributed by atoms with E-state index < -0.39 is 0 Å². The SMILES string of the molecule is CCC[C@@H]1CN(C(=O)c2ccc(-n3cnnc3)cc2Cl)C[C@H]1N(C)C. The van der Waals surface area contributed by atoms with Crippen molar-refractivity contribution >= 4 is 17.5 Å². The maximum absolute atomic E-state index is 13.0. The Labute approximate surface area is 153 Å². The van der Waals surface area contributed by atoms with Gasteiger partial charge < -0.3 is 9.80 Å². The number of benzene rings is 1. The van der Waals surface area contributed by atoms with Crippen LogP contribution in [0.15, 0.2) is 30.9 Å². The molecule has 3 rings (SSSR count). The Balaban J connectivity index is 1.79. The number of aromatic nitrogens is 3. The maximum atomic E-state index is 13.0. The fourth-order valence-corrected chi connectivity index (χ4v) is 3.86. The molecule has 1 aliphatic rings. The minimum atomic E-state index is 0.00533. The summed E-state index contributed by atoms with van der Waals surface area (Å²) < 4.78 is 1.76. The molecular formula is C18H24ClN5O. The van der Waals surface area contributed by atoms with Gasteiger partial charge in [-0.05, 0) is 44.6 Å². The molecule has 1 aliphatic heterocycles. The number of likely N-dealkylation sites (N-methyl/N-ethyl adjacent to an activating group) is 1. The van der Waals surface area contributed by atoms with Crippen LogP contribution >= 0.6 is 11.6 Å². The third-order valence-corrected chi connectivity index (χ3v) is 5.23. The molecule has 1 aromatic carbocycles.